The second-order valence-electron chi connectivity index (χ2n) is 3.85. The molecule has 1 rings (SSSR count). The average molecular weight is 200 g/mol. The number of carbonyl (C=O) groups excluding carboxylic acids is 1. The highest BCUT2D eigenvalue weighted by Gasteiger charge is 2.16. The molecule has 1 aliphatic rings. The zero-order valence-corrected chi connectivity index (χ0v) is 8.96. The molecule has 0 atom stereocenters. The predicted molar refractivity (Wildman–Crippen MR) is 54.1 cm³/mol. The summed E-state index contributed by atoms with van der Waals surface area (Å²) in [5.74, 6) is -0.0612. The van der Waals surface area contributed by atoms with E-state index in [4.69, 9.17) is 9.47 Å². The van der Waals surface area contributed by atoms with Crippen molar-refractivity contribution in [1.29, 1.82) is 0 Å². The molecule has 0 bridgehead atoms. The van der Waals surface area contributed by atoms with Gasteiger partial charge in [0.1, 0.15) is 6.10 Å². The molecular weight excluding hydrogens is 180 g/mol. The van der Waals surface area contributed by atoms with Crippen molar-refractivity contribution in [3.63, 3.8) is 0 Å². The first-order valence-electron chi connectivity index (χ1n) is 5.51. The van der Waals surface area contributed by atoms with E-state index in [1.165, 1.54) is 19.3 Å². The molecule has 0 aromatic rings. The van der Waals surface area contributed by atoms with Gasteiger partial charge in [0.05, 0.1) is 0 Å². The Morgan fingerprint density at radius 1 is 1.29 bits per heavy atom. The largest absolute Gasteiger partial charge is 0.462 e. The second kappa shape index (κ2) is 6.82. The normalized spacial score (nSPS) is 18.1. The molecule has 0 unspecified atom stereocenters. The molecule has 0 aliphatic heterocycles. The minimum atomic E-state index is -0.0612. The summed E-state index contributed by atoms with van der Waals surface area (Å²) in [5, 5.41) is 0. The standard InChI is InChI=1S/C11H20O3/c1-13-9-5-8-11(12)14-10-6-3-2-4-7-10/h10H,2-9H2,1H3. The summed E-state index contributed by atoms with van der Waals surface area (Å²) in [6, 6.07) is 0. The Morgan fingerprint density at radius 2 is 2.00 bits per heavy atom. The molecule has 1 fully saturated rings. The molecule has 0 radical (unpaired) electrons. The minimum absolute atomic E-state index is 0.0612. The molecule has 82 valence electrons. The van der Waals surface area contributed by atoms with Gasteiger partial charge in [0.2, 0.25) is 0 Å². The maximum atomic E-state index is 11.3. The van der Waals surface area contributed by atoms with E-state index in [1.807, 2.05) is 0 Å². The number of rotatable bonds is 5. The lowest BCUT2D eigenvalue weighted by Gasteiger charge is -2.21. The van der Waals surface area contributed by atoms with Crippen LogP contribution in [-0.4, -0.2) is 25.8 Å². The number of carbonyl (C=O) groups is 1. The number of hydrogen-bond donors (Lipinski definition) is 0. The summed E-state index contributed by atoms with van der Waals surface area (Å²) < 4.78 is 10.2. The first kappa shape index (κ1) is 11.5. The van der Waals surface area contributed by atoms with Crippen LogP contribution in [0.25, 0.3) is 0 Å². The van der Waals surface area contributed by atoms with Gasteiger partial charge in [-0.25, -0.2) is 0 Å². The summed E-state index contributed by atoms with van der Waals surface area (Å²) in [6.45, 7) is 0.639. The first-order valence-corrected chi connectivity index (χ1v) is 5.51. The van der Waals surface area contributed by atoms with Crippen molar-refractivity contribution in [1.82, 2.24) is 0 Å². The third-order valence-corrected chi connectivity index (χ3v) is 2.58. The van der Waals surface area contributed by atoms with Gasteiger partial charge in [-0.05, 0) is 32.1 Å². The Balaban J connectivity index is 2.06. The predicted octanol–water partition coefficient (Wildman–Crippen LogP) is 2.29. The molecule has 0 heterocycles. The van der Waals surface area contributed by atoms with Crippen molar-refractivity contribution in [2.75, 3.05) is 13.7 Å². The van der Waals surface area contributed by atoms with E-state index in [-0.39, 0.29) is 12.1 Å². The van der Waals surface area contributed by atoms with Crippen molar-refractivity contribution in [3.05, 3.63) is 0 Å². The van der Waals surface area contributed by atoms with E-state index in [2.05, 4.69) is 0 Å². The van der Waals surface area contributed by atoms with Gasteiger partial charge in [-0.1, -0.05) is 6.42 Å². The van der Waals surface area contributed by atoms with Crippen LogP contribution in [0.1, 0.15) is 44.9 Å². The number of hydrogen-bond acceptors (Lipinski definition) is 3. The van der Waals surface area contributed by atoms with Gasteiger partial charge in [-0.3, -0.25) is 4.79 Å². The van der Waals surface area contributed by atoms with Crippen LogP contribution < -0.4 is 0 Å². The molecule has 0 amide bonds. The molecule has 0 N–H and O–H groups in total. The van der Waals surface area contributed by atoms with Gasteiger partial charge in [0.15, 0.2) is 0 Å². The summed E-state index contributed by atoms with van der Waals surface area (Å²) in [7, 11) is 1.65. The highest BCUT2D eigenvalue weighted by Crippen LogP contribution is 2.20. The van der Waals surface area contributed by atoms with E-state index in [9.17, 15) is 4.79 Å². The van der Waals surface area contributed by atoms with E-state index < -0.39 is 0 Å². The van der Waals surface area contributed by atoms with Gasteiger partial charge in [-0.15, -0.1) is 0 Å². The second-order valence-corrected chi connectivity index (χ2v) is 3.85. The fourth-order valence-corrected chi connectivity index (χ4v) is 1.79. The third-order valence-electron chi connectivity index (χ3n) is 2.58. The van der Waals surface area contributed by atoms with Crippen LogP contribution in [0.3, 0.4) is 0 Å². The Bertz CT molecular complexity index is 162. The molecule has 0 aromatic heterocycles. The molecule has 0 aromatic carbocycles. The van der Waals surface area contributed by atoms with Gasteiger partial charge < -0.3 is 9.47 Å². The van der Waals surface area contributed by atoms with E-state index in [0.717, 1.165) is 19.3 Å². The summed E-state index contributed by atoms with van der Waals surface area (Å²) in [5.41, 5.74) is 0. The lowest BCUT2D eigenvalue weighted by Crippen LogP contribution is -2.20. The minimum Gasteiger partial charge on any atom is -0.462 e. The van der Waals surface area contributed by atoms with Crippen LogP contribution in [0.5, 0.6) is 0 Å². The van der Waals surface area contributed by atoms with Crippen LogP contribution in [0.2, 0.25) is 0 Å². The molecule has 3 nitrogen and oxygen atoms in total. The maximum absolute atomic E-state index is 11.3. The zero-order chi connectivity index (χ0) is 10.2. The smallest absolute Gasteiger partial charge is 0.306 e. The zero-order valence-electron chi connectivity index (χ0n) is 8.96. The van der Waals surface area contributed by atoms with Crippen molar-refractivity contribution in [3.8, 4) is 0 Å². The lowest BCUT2D eigenvalue weighted by molar-refractivity contribution is -0.150. The van der Waals surface area contributed by atoms with Crippen LogP contribution in [0.15, 0.2) is 0 Å². The summed E-state index contributed by atoms with van der Waals surface area (Å²) >= 11 is 0. The molecular formula is C11H20O3. The van der Waals surface area contributed by atoms with Crippen LogP contribution in [0, 0.1) is 0 Å². The Hall–Kier alpha value is -0.570. The molecule has 3 heteroatoms. The molecule has 0 saturated heterocycles. The molecule has 1 aliphatic carbocycles. The van der Waals surface area contributed by atoms with Crippen LogP contribution in [0.4, 0.5) is 0 Å². The summed E-state index contributed by atoms with van der Waals surface area (Å²) in [4.78, 5) is 11.3. The first-order chi connectivity index (χ1) is 6.83. The average Bonchev–Trinajstić information content (AvgIpc) is 2.20. The van der Waals surface area contributed by atoms with Gasteiger partial charge in [0, 0.05) is 20.1 Å². The van der Waals surface area contributed by atoms with E-state index in [0.29, 0.717) is 13.0 Å². The molecule has 14 heavy (non-hydrogen) atoms. The fraction of sp³-hybridized carbons (Fsp3) is 0.909. The van der Waals surface area contributed by atoms with Crippen molar-refractivity contribution >= 4 is 5.97 Å². The monoisotopic (exact) mass is 200 g/mol. The quantitative estimate of drug-likeness (QED) is 0.504. The highest BCUT2D eigenvalue weighted by atomic mass is 16.5. The van der Waals surface area contributed by atoms with Gasteiger partial charge in [0.25, 0.3) is 0 Å². The SMILES string of the molecule is COCCCC(=O)OC1CCCCC1. The molecule has 1 saturated carbocycles. The van der Waals surface area contributed by atoms with Crippen molar-refractivity contribution < 1.29 is 14.3 Å². The van der Waals surface area contributed by atoms with E-state index in [1.54, 1.807) is 7.11 Å². The molecule has 0 spiro atoms. The maximum Gasteiger partial charge on any atom is 0.306 e. The summed E-state index contributed by atoms with van der Waals surface area (Å²) in [6.07, 6.45) is 7.25. The lowest BCUT2D eigenvalue weighted by atomic mass is 9.98. The topological polar surface area (TPSA) is 35.5 Å². The third kappa shape index (κ3) is 4.61. The fourth-order valence-electron chi connectivity index (χ4n) is 1.79. The highest BCUT2D eigenvalue weighted by molar-refractivity contribution is 5.69. The Morgan fingerprint density at radius 3 is 2.64 bits per heavy atom. The number of esters is 1. The Kier molecular flexibility index (Phi) is 5.60. The van der Waals surface area contributed by atoms with E-state index >= 15 is 0 Å². The number of ether oxygens (including phenoxy) is 2. The van der Waals surface area contributed by atoms with Gasteiger partial charge >= 0.3 is 5.97 Å². The van der Waals surface area contributed by atoms with Crippen LogP contribution >= 0.6 is 0 Å². The van der Waals surface area contributed by atoms with Crippen LogP contribution in [-0.2, 0) is 14.3 Å². The Labute approximate surface area is 85.8 Å². The van der Waals surface area contributed by atoms with Crippen molar-refractivity contribution in [2.24, 2.45) is 0 Å². The van der Waals surface area contributed by atoms with Gasteiger partial charge in [-0.2, -0.15) is 0 Å². The number of methoxy groups -OCH3 is 1. The van der Waals surface area contributed by atoms with Crippen molar-refractivity contribution in [2.45, 2.75) is 51.0 Å².